The fourth-order valence-electron chi connectivity index (χ4n) is 7.11. The molecule has 1 aliphatic carbocycles. The molecule has 0 amide bonds. The van der Waals surface area contributed by atoms with Gasteiger partial charge in [-0.05, 0) is 37.4 Å². The number of nitrogens with zero attached hydrogens (tertiary/aromatic N) is 6. The first kappa shape index (κ1) is 28.3. The number of fused-ring (bicyclic) bond motifs is 3. The molecule has 6 heterocycles. The molecule has 3 aromatic rings. The van der Waals surface area contributed by atoms with E-state index in [1.54, 1.807) is 0 Å². The van der Waals surface area contributed by atoms with Gasteiger partial charge in [0.15, 0.2) is 0 Å². The molecule has 230 valence electrons. The minimum atomic E-state index is -5.00. The molecule has 0 spiro atoms. The smallest absolute Gasteiger partial charge is 0.420 e. The van der Waals surface area contributed by atoms with Crippen LogP contribution in [-0.4, -0.2) is 82.4 Å². The number of hydrogen-bond donors (Lipinski definition) is 2. The molecule has 0 bridgehead atoms. The van der Waals surface area contributed by atoms with Crippen LogP contribution in [0.5, 0.6) is 6.01 Å². The molecule has 4 aliphatic rings. The van der Waals surface area contributed by atoms with E-state index in [0.29, 0.717) is 32.6 Å². The summed E-state index contributed by atoms with van der Waals surface area (Å²) in [5, 5.41) is 3.25. The van der Waals surface area contributed by atoms with Gasteiger partial charge in [0.2, 0.25) is 0 Å². The predicted octanol–water partition coefficient (Wildman–Crippen LogP) is 4.09. The lowest BCUT2D eigenvalue weighted by atomic mass is 9.95. The Labute approximate surface area is 242 Å². The highest BCUT2D eigenvalue weighted by molar-refractivity contribution is 5.95. The first-order valence-corrected chi connectivity index (χ1v) is 14.4. The van der Waals surface area contributed by atoms with Crippen molar-refractivity contribution >= 4 is 22.5 Å². The van der Waals surface area contributed by atoms with Crippen LogP contribution in [0.25, 0.3) is 22.3 Å². The molecule has 0 saturated carbocycles. The third kappa shape index (κ3) is 4.80. The van der Waals surface area contributed by atoms with Crippen molar-refractivity contribution in [2.24, 2.45) is 0 Å². The third-order valence-electron chi connectivity index (χ3n) is 9.08. The molecular weight excluding hydrogens is 578 g/mol. The number of ether oxygens (including phenoxy) is 1. The Kier molecular flexibility index (Phi) is 6.61. The molecule has 0 radical (unpaired) electrons. The van der Waals surface area contributed by atoms with Crippen LogP contribution in [0.15, 0.2) is 12.3 Å². The van der Waals surface area contributed by atoms with E-state index in [4.69, 9.17) is 10.5 Å². The summed E-state index contributed by atoms with van der Waals surface area (Å²) in [4.78, 5) is 20.9. The number of nitrogens with two attached hydrogens (primary N) is 1. The number of nitrogen functional groups attached to an aromatic ring is 1. The number of halogens is 6. The van der Waals surface area contributed by atoms with E-state index in [0.717, 1.165) is 19.0 Å². The summed E-state index contributed by atoms with van der Waals surface area (Å²) in [7, 11) is 0. The van der Waals surface area contributed by atoms with Crippen LogP contribution in [0.1, 0.15) is 42.4 Å². The minimum absolute atomic E-state index is 0.0214. The zero-order valence-electron chi connectivity index (χ0n) is 23.2. The van der Waals surface area contributed by atoms with E-state index in [1.165, 1.54) is 6.20 Å². The van der Waals surface area contributed by atoms with Gasteiger partial charge in [0.1, 0.15) is 35.7 Å². The molecule has 3 N–H and O–H groups in total. The molecule has 2 atom stereocenters. The lowest BCUT2D eigenvalue weighted by Gasteiger charge is -2.32. The first-order valence-electron chi connectivity index (χ1n) is 14.4. The third-order valence-corrected chi connectivity index (χ3v) is 9.08. The van der Waals surface area contributed by atoms with E-state index in [1.807, 2.05) is 9.80 Å². The molecule has 9 nitrogen and oxygen atoms in total. The molecule has 43 heavy (non-hydrogen) atoms. The monoisotopic (exact) mass is 608 g/mol. The highest BCUT2D eigenvalue weighted by Gasteiger charge is 2.50. The van der Waals surface area contributed by atoms with Crippen LogP contribution >= 0.6 is 0 Å². The summed E-state index contributed by atoms with van der Waals surface area (Å²) in [6.45, 7) is 3.14. The molecule has 3 fully saturated rings. The van der Waals surface area contributed by atoms with Crippen molar-refractivity contribution in [1.82, 2.24) is 30.2 Å². The number of pyridine rings is 2. The van der Waals surface area contributed by atoms with E-state index in [-0.39, 0.29) is 60.3 Å². The average Bonchev–Trinajstić information content (AvgIpc) is 3.59. The maximum absolute atomic E-state index is 15.0. The Bertz CT molecular complexity index is 1580. The Balaban J connectivity index is 1.40. The highest BCUT2D eigenvalue weighted by Crippen LogP contribution is 2.48. The molecule has 3 aromatic heterocycles. The van der Waals surface area contributed by atoms with Crippen LogP contribution in [0.2, 0.25) is 0 Å². The number of piperazine rings is 1. The molecular formula is C28H30F6N8O. The fraction of sp³-hybridized carbons (Fsp3) is 0.571. The fourth-order valence-corrected chi connectivity index (χ4v) is 7.11. The zero-order valence-corrected chi connectivity index (χ0v) is 23.2. The van der Waals surface area contributed by atoms with Crippen LogP contribution in [0.4, 0.5) is 38.0 Å². The quantitative estimate of drug-likeness (QED) is 0.415. The van der Waals surface area contributed by atoms with Gasteiger partial charge in [0, 0.05) is 57.3 Å². The van der Waals surface area contributed by atoms with Crippen molar-refractivity contribution in [2.75, 3.05) is 56.5 Å². The lowest BCUT2D eigenvalue weighted by molar-refractivity contribution is -0.136. The van der Waals surface area contributed by atoms with Gasteiger partial charge in [0.25, 0.3) is 5.92 Å². The Morgan fingerprint density at radius 1 is 1.07 bits per heavy atom. The van der Waals surface area contributed by atoms with Crippen molar-refractivity contribution in [3.05, 3.63) is 29.0 Å². The van der Waals surface area contributed by atoms with Crippen molar-refractivity contribution in [1.29, 1.82) is 0 Å². The zero-order chi connectivity index (χ0) is 30.1. The minimum Gasteiger partial charge on any atom is -0.461 e. The normalized spacial score (nSPS) is 25.3. The van der Waals surface area contributed by atoms with Gasteiger partial charge in [-0.1, -0.05) is 0 Å². The van der Waals surface area contributed by atoms with Gasteiger partial charge >= 0.3 is 12.2 Å². The van der Waals surface area contributed by atoms with Gasteiger partial charge < -0.3 is 20.7 Å². The van der Waals surface area contributed by atoms with E-state index in [9.17, 15) is 13.2 Å². The van der Waals surface area contributed by atoms with Gasteiger partial charge in [-0.25, -0.2) is 18.2 Å². The van der Waals surface area contributed by atoms with Crippen molar-refractivity contribution in [3.63, 3.8) is 0 Å². The summed E-state index contributed by atoms with van der Waals surface area (Å²) in [5.74, 6) is -3.36. The van der Waals surface area contributed by atoms with Crippen LogP contribution in [0, 0.1) is 0 Å². The van der Waals surface area contributed by atoms with Crippen LogP contribution in [-0.2, 0) is 18.5 Å². The van der Waals surface area contributed by atoms with E-state index >= 15 is 13.2 Å². The van der Waals surface area contributed by atoms with Crippen molar-refractivity contribution < 1.29 is 31.1 Å². The van der Waals surface area contributed by atoms with Crippen molar-refractivity contribution in [3.8, 4) is 17.4 Å². The second-order valence-corrected chi connectivity index (χ2v) is 11.8. The average molecular weight is 609 g/mol. The van der Waals surface area contributed by atoms with Crippen LogP contribution < -0.4 is 20.7 Å². The predicted molar refractivity (Wildman–Crippen MR) is 146 cm³/mol. The second kappa shape index (κ2) is 10.0. The molecule has 3 saturated heterocycles. The van der Waals surface area contributed by atoms with Gasteiger partial charge in [-0.2, -0.15) is 23.1 Å². The highest BCUT2D eigenvalue weighted by atomic mass is 19.4. The number of hydrogen-bond acceptors (Lipinski definition) is 9. The SMILES string of the molecule is Nc1cc2c(c(-c3ncc4c(N5CCNCC5)nc(OC[C@@]56CCCN5C[C@H](F)C6)nc4c3C(F)(F)F)n1)CCC2(F)F. The molecule has 15 heteroatoms. The number of alkyl halides is 6. The number of nitrogens with one attached hydrogen (secondary N) is 1. The van der Waals surface area contributed by atoms with Gasteiger partial charge in [-0.3, -0.25) is 9.88 Å². The molecule has 3 aliphatic heterocycles. The first-order chi connectivity index (χ1) is 20.5. The molecule has 7 rings (SSSR count). The van der Waals surface area contributed by atoms with Crippen LogP contribution in [0.3, 0.4) is 0 Å². The summed E-state index contributed by atoms with van der Waals surface area (Å²) in [6, 6.07) is 0.734. The topological polar surface area (TPSA) is 105 Å². The summed E-state index contributed by atoms with van der Waals surface area (Å²) < 4.78 is 94.7. The van der Waals surface area contributed by atoms with Gasteiger partial charge in [-0.15, -0.1) is 0 Å². The Hall–Kier alpha value is -3.46. The maximum Gasteiger partial charge on any atom is 0.420 e. The maximum atomic E-state index is 15.0. The Morgan fingerprint density at radius 2 is 1.86 bits per heavy atom. The van der Waals surface area contributed by atoms with Crippen molar-refractivity contribution in [2.45, 2.75) is 55.9 Å². The summed E-state index contributed by atoms with van der Waals surface area (Å²) in [5.41, 5.74) is 2.11. The van der Waals surface area contributed by atoms with Gasteiger partial charge in [0.05, 0.1) is 22.1 Å². The molecule has 0 aromatic carbocycles. The number of anilines is 2. The Morgan fingerprint density at radius 3 is 2.63 bits per heavy atom. The standard InChI is InChI=1S/C28H30F6N8O/c29-15-11-26(3-1-7-42(26)13-15)14-43-25-39-21-17(24(40-25)41-8-5-36-6-9-41)12-37-23(20(21)28(32,33)34)22-16-2-4-27(30,31)18(16)10-19(35)38-22/h10,12,15,36H,1-9,11,13-14H2,(H2,35,38)/t15-,26+/m1/s1. The number of aromatic nitrogens is 4. The largest absolute Gasteiger partial charge is 0.461 e. The van der Waals surface area contributed by atoms with E-state index < -0.39 is 52.6 Å². The number of rotatable bonds is 5. The lowest BCUT2D eigenvalue weighted by Crippen LogP contribution is -2.44. The summed E-state index contributed by atoms with van der Waals surface area (Å²) in [6.07, 6.45) is -3.70. The molecule has 0 unspecified atom stereocenters. The second-order valence-electron chi connectivity index (χ2n) is 11.8. The van der Waals surface area contributed by atoms with E-state index in [2.05, 4.69) is 25.3 Å². The summed E-state index contributed by atoms with van der Waals surface area (Å²) >= 11 is 0.